The van der Waals surface area contributed by atoms with Gasteiger partial charge in [-0.15, -0.1) is 0 Å². The zero-order valence-electron chi connectivity index (χ0n) is 12.1. The van der Waals surface area contributed by atoms with Crippen LogP contribution in [-0.4, -0.2) is 10.9 Å². The predicted octanol–water partition coefficient (Wildman–Crippen LogP) is -1.66. The van der Waals surface area contributed by atoms with Crippen LogP contribution in [0.3, 0.4) is 0 Å². The molecule has 3 rings (SSSR count). The SMILES string of the molecule is C[Si]1(C)[Si](C)(C)[Ti+2]1([C]1=CC=CC1)[C]1=CC=CC1.[Cl-].[Cl-]. The molecule has 1 saturated heterocycles. The van der Waals surface area contributed by atoms with E-state index in [0.717, 1.165) is 0 Å². The number of hydrogen-bond acceptors (Lipinski definition) is 0. The molecule has 0 saturated carbocycles. The summed E-state index contributed by atoms with van der Waals surface area (Å²) in [6.45, 7) is 10.9. The fraction of sp³-hybridized carbons (Fsp3) is 0.429. The fourth-order valence-corrected chi connectivity index (χ4v) is 110. The standard InChI is InChI=1S/2C5H5.C4H12Si2.2ClH.Ti/c2*1-2-4-5-3-1;1-5(2)6(3)4;;;/h2*1-3H,4H2;1-4H3;2*1H;/q;;;;;+2/p-2. The number of allylic oxidation sites excluding steroid dienone is 8. The van der Waals surface area contributed by atoms with Gasteiger partial charge in [0.15, 0.2) is 0 Å². The molecular formula is C14H22Cl2Si2Ti. The molecule has 2 aliphatic carbocycles. The Morgan fingerprint density at radius 3 is 1.37 bits per heavy atom. The second-order valence-corrected chi connectivity index (χ2v) is 49.6. The van der Waals surface area contributed by atoms with Crippen molar-refractivity contribution in [3.8, 4) is 0 Å². The van der Waals surface area contributed by atoms with Gasteiger partial charge in [-0.2, -0.15) is 0 Å². The summed E-state index contributed by atoms with van der Waals surface area (Å²) in [5.41, 5.74) is -1.78. The van der Waals surface area contributed by atoms with E-state index >= 15 is 0 Å². The average molecular weight is 365 g/mol. The van der Waals surface area contributed by atoms with Crippen LogP contribution >= 0.6 is 0 Å². The van der Waals surface area contributed by atoms with Crippen LogP contribution in [0.5, 0.6) is 0 Å². The maximum absolute atomic E-state index is 2.72. The molecule has 0 spiro atoms. The minimum absolute atomic E-state index is 0. The molecule has 0 N–H and O–H groups in total. The quantitative estimate of drug-likeness (QED) is 0.514. The van der Waals surface area contributed by atoms with Gasteiger partial charge < -0.3 is 24.8 Å². The van der Waals surface area contributed by atoms with Crippen molar-refractivity contribution in [1.82, 2.24) is 0 Å². The largest absolute Gasteiger partial charge is 1.00 e. The molecule has 5 heteroatoms. The molecule has 3 aliphatic rings. The Kier molecular flexibility index (Phi) is 5.11. The molecule has 0 aromatic carbocycles. The molecule has 0 aromatic rings. The molecule has 0 aromatic heterocycles. The summed E-state index contributed by atoms with van der Waals surface area (Å²) in [4.78, 5) is 0. The first-order valence-corrected chi connectivity index (χ1v) is 19.9. The van der Waals surface area contributed by atoms with Gasteiger partial charge in [0.1, 0.15) is 0 Å². The van der Waals surface area contributed by atoms with Crippen molar-refractivity contribution in [1.29, 1.82) is 0 Å². The van der Waals surface area contributed by atoms with Crippen molar-refractivity contribution in [3.63, 3.8) is 0 Å². The van der Waals surface area contributed by atoms with E-state index in [1.807, 2.05) is 7.76 Å². The first-order valence-electron chi connectivity index (χ1n) is 6.68. The predicted molar refractivity (Wildman–Crippen MR) is 78.6 cm³/mol. The van der Waals surface area contributed by atoms with E-state index in [1.54, 1.807) is 0 Å². The van der Waals surface area contributed by atoms with E-state index in [4.69, 9.17) is 0 Å². The van der Waals surface area contributed by atoms with E-state index in [9.17, 15) is 0 Å². The number of rotatable bonds is 2. The van der Waals surface area contributed by atoms with E-state index in [-0.39, 0.29) is 24.8 Å². The minimum atomic E-state index is -1.78. The van der Waals surface area contributed by atoms with Gasteiger partial charge in [-0.25, -0.2) is 0 Å². The molecule has 0 radical (unpaired) electrons. The van der Waals surface area contributed by atoms with Gasteiger partial charge in [-0.05, 0) is 0 Å². The van der Waals surface area contributed by atoms with Gasteiger partial charge in [-0.3, -0.25) is 0 Å². The third kappa shape index (κ3) is 1.95. The van der Waals surface area contributed by atoms with Crippen molar-refractivity contribution in [3.05, 3.63) is 44.2 Å². The third-order valence-corrected chi connectivity index (χ3v) is 84.4. The van der Waals surface area contributed by atoms with Crippen LogP contribution in [0.4, 0.5) is 0 Å². The van der Waals surface area contributed by atoms with Gasteiger partial charge in [0.05, 0.1) is 0 Å². The Balaban J connectivity index is 0.000000902. The minimum Gasteiger partial charge on any atom is -1.00 e. The summed E-state index contributed by atoms with van der Waals surface area (Å²) in [6.07, 6.45) is 17.0. The van der Waals surface area contributed by atoms with Gasteiger partial charge in [-0.1, -0.05) is 0 Å². The summed E-state index contributed by atoms with van der Waals surface area (Å²) >= 11 is -1.78. The first-order chi connectivity index (χ1) is 7.96. The monoisotopic (exact) mass is 364 g/mol. The summed E-state index contributed by atoms with van der Waals surface area (Å²) < 4.78 is 3.88. The molecule has 0 nitrogen and oxygen atoms in total. The normalized spacial score (nSPS) is 25.5. The summed E-state index contributed by atoms with van der Waals surface area (Å²) in [5, 5.41) is 0. The zero-order valence-corrected chi connectivity index (χ0v) is 17.2. The van der Waals surface area contributed by atoms with Crippen molar-refractivity contribution >= 4 is 10.9 Å². The van der Waals surface area contributed by atoms with Crippen LogP contribution in [0.15, 0.2) is 44.2 Å². The van der Waals surface area contributed by atoms with Gasteiger partial charge >= 0.3 is 109 Å². The number of hydrogen-bond donors (Lipinski definition) is 0. The van der Waals surface area contributed by atoms with Crippen LogP contribution in [-0.2, 0) is 15.1 Å². The Morgan fingerprint density at radius 1 is 0.789 bits per heavy atom. The van der Waals surface area contributed by atoms with E-state index in [2.05, 4.69) is 62.6 Å². The van der Waals surface area contributed by atoms with Crippen molar-refractivity contribution in [2.24, 2.45) is 0 Å². The van der Waals surface area contributed by atoms with E-state index in [0.29, 0.717) is 0 Å². The molecule has 0 bridgehead atoms. The maximum atomic E-state index is 2.72. The van der Waals surface area contributed by atoms with Crippen molar-refractivity contribution in [2.45, 2.75) is 39.0 Å². The van der Waals surface area contributed by atoms with Crippen molar-refractivity contribution in [2.75, 3.05) is 0 Å². The second-order valence-electron chi connectivity index (χ2n) is 6.65. The van der Waals surface area contributed by atoms with Gasteiger partial charge in [0.2, 0.25) is 0 Å². The molecule has 19 heavy (non-hydrogen) atoms. The Morgan fingerprint density at radius 2 is 1.16 bits per heavy atom. The Hall–Kier alpha value is 0.688. The van der Waals surface area contributed by atoms with Crippen LogP contribution in [0, 0.1) is 0 Å². The zero-order chi connectivity index (χ0) is 12.3. The smallest absolute Gasteiger partial charge is 1.00 e. The maximum Gasteiger partial charge on any atom is -1.00 e. The molecule has 0 atom stereocenters. The first kappa shape index (κ1) is 17.7. The third-order valence-electron chi connectivity index (χ3n) is 5.88. The Labute approximate surface area is 133 Å². The van der Waals surface area contributed by atoms with Crippen LogP contribution in [0.2, 0.25) is 26.2 Å². The molecule has 1 fully saturated rings. The van der Waals surface area contributed by atoms with Crippen LogP contribution in [0.1, 0.15) is 12.8 Å². The second kappa shape index (κ2) is 5.47. The topological polar surface area (TPSA) is 0 Å². The van der Waals surface area contributed by atoms with Gasteiger partial charge in [0.25, 0.3) is 0 Å². The van der Waals surface area contributed by atoms with Gasteiger partial charge in [0, 0.05) is 0 Å². The number of halogens is 2. The van der Waals surface area contributed by atoms with Crippen LogP contribution in [0.25, 0.3) is 0 Å². The summed E-state index contributed by atoms with van der Waals surface area (Å²) in [5.74, 6) is 0. The Bertz CT molecular complexity index is 456. The molecule has 0 amide bonds. The average Bonchev–Trinajstić information content (AvgIpc) is 2.81. The molecule has 0 unspecified atom stereocenters. The summed E-state index contributed by atoms with van der Waals surface area (Å²) in [6, 6.07) is 0. The molecule has 104 valence electrons. The molecule has 1 aliphatic heterocycles. The molecule has 1 heterocycles. The van der Waals surface area contributed by atoms with Crippen LogP contribution < -0.4 is 24.8 Å². The summed E-state index contributed by atoms with van der Waals surface area (Å²) in [7, 11) is 0. The van der Waals surface area contributed by atoms with Crippen molar-refractivity contribution < 1.29 is 39.9 Å². The molecular weight excluding hydrogens is 343 g/mol. The van der Waals surface area contributed by atoms with E-state index < -0.39 is 26.0 Å². The fourth-order valence-electron chi connectivity index (χ4n) is 4.57. The van der Waals surface area contributed by atoms with E-state index in [1.165, 1.54) is 12.8 Å².